The summed E-state index contributed by atoms with van der Waals surface area (Å²) in [5.41, 5.74) is 2.93. The van der Waals surface area contributed by atoms with Crippen molar-refractivity contribution in [3.8, 4) is 0 Å². The number of carbonyl (C=O) groups excluding carboxylic acids is 1. The second kappa shape index (κ2) is 6.73. The van der Waals surface area contributed by atoms with Crippen LogP contribution in [0.3, 0.4) is 0 Å². The molecule has 2 rings (SSSR count). The zero-order chi connectivity index (χ0) is 12.8. The van der Waals surface area contributed by atoms with Crippen LogP contribution in [0.15, 0.2) is 24.3 Å². The Balaban J connectivity index is 1.68. The number of benzene rings is 1. The van der Waals surface area contributed by atoms with Gasteiger partial charge in [0.15, 0.2) is 0 Å². The molecule has 0 aliphatic carbocycles. The van der Waals surface area contributed by atoms with E-state index < -0.39 is 0 Å². The molecule has 0 spiro atoms. The topological polar surface area (TPSA) is 41.6 Å². The molecule has 0 unspecified atom stereocenters. The fourth-order valence-electron chi connectivity index (χ4n) is 1.99. The molecule has 5 heteroatoms. The predicted molar refractivity (Wildman–Crippen MR) is 70.5 cm³/mol. The Morgan fingerprint density at radius 2 is 2.17 bits per heavy atom. The highest BCUT2D eigenvalue weighted by atomic mass is 35.5. The zero-order valence-corrected chi connectivity index (χ0v) is 10.9. The van der Waals surface area contributed by atoms with Crippen molar-refractivity contribution in [2.24, 2.45) is 0 Å². The lowest BCUT2D eigenvalue weighted by molar-refractivity contribution is 0.0244. The van der Waals surface area contributed by atoms with E-state index in [4.69, 9.17) is 16.4 Å². The fraction of sp³-hybridized carbons (Fsp3) is 0.462. The summed E-state index contributed by atoms with van der Waals surface area (Å²) in [5.74, 6) is -0.265. The van der Waals surface area contributed by atoms with Gasteiger partial charge in [0.1, 0.15) is 0 Å². The molecule has 1 aliphatic heterocycles. The molecule has 1 fully saturated rings. The van der Waals surface area contributed by atoms with Crippen LogP contribution in [0.1, 0.15) is 23.2 Å². The number of halogens is 1. The third-order valence-electron chi connectivity index (χ3n) is 2.96. The van der Waals surface area contributed by atoms with Gasteiger partial charge in [0.25, 0.3) is 5.91 Å². The van der Waals surface area contributed by atoms with E-state index in [1.54, 1.807) is 24.3 Å². The molecule has 1 aromatic carbocycles. The first-order valence-electron chi connectivity index (χ1n) is 6.16. The Bertz CT molecular complexity index is 406. The number of nitrogens with one attached hydrogen (secondary N) is 1. The van der Waals surface area contributed by atoms with Crippen LogP contribution in [0.25, 0.3) is 0 Å². The molecular formula is C13H17ClN2O2. The van der Waals surface area contributed by atoms with Gasteiger partial charge in [0.05, 0.1) is 6.61 Å². The van der Waals surface area contributed by atoms with E-state index in [0.717, 1.165) is 19.6 Å². The molecule has 1 heterocycles. The number of hydrogen-bond acceptors (Lipinski definition) is 3. The first-order valence-corrected chi connectivity index (χ1v) is 6.53. The van der Waals surface area contributed by atoms with Crippen LogP contribution >= 0.6 is 11.6 Å². The van der Waals surface area contributed by atoms with Gasteiger partial charge in [-0.25, -0.2) is 5.48 Å². The average molecular weight is 269 g/mol. The molecule has 1 saturated heterocycles. The van der Waals surface area contributed by atoms with E-state index in [2.05, 4.69) is 10.4 Å². The van der Waals surface area contributed by atoms with Crippen molar-refractivity contribution in [3.05, 3.63) is 34.9 Å². The van der Waals surface area contributed by atoms with Crippen molar-refractivity contribution < 1.29 is 9.63 Å². The van der Waals surface area contributed by atoms with Gasteiger partial charge in [-0.2, -0.15) is 0 Å². The van der Waals surface area contributed by atoms with Gasteiger partial charge in [0, 0.05) is 17.1 Å². The van der Waals surface area contributed by atoms with Crippen LogP contribution in [0.2, 0.25) is 5.02 Å². The van der Waals surface area contributed by atoms with Gasteiger partial charge in [-0.3, -0.25) is 9.63 Å². The Morgan fingerprint density at radius 1 is 1.39 bits per heavy atom. The number of rotatable bonds is 5. The maximum Gasteiger partial charge on any atom is 0.274 e. The van der Waals surface area contributed by atoms with Crippen LogP contribution in [-0.4, -0.2) is 37.0 Å². The Hall–Kier alpha value is -1.10. The minimum atomic E-state index is -0.265. The summed E-state index contributed by atoms with van der Waals surface area (Å²) in [7, 11) is 0. The normalized spacial score (nSPS) is 15.8. The standard InChI is InChI=1S/C13H17ClN2O2/c14-12-5-3-4-11(10-12)13(17)15-18-9-8-16-6-1-2-7-16/h3-5,10H,1-2,6-9H2,(H,15,17). The maximum atomic E-state index is 11.7. The van der Waals surface area contributed by atoms with Crippen molar-refractivity contribution in [1.82, 2.24) is 10.4 Å². The Morgan fingerprint density at radius 3 is 2.89 bits per heavy atom. The van der Waals surface area contributed by atoms with E-state index in [-0.39, 0.29) is 5.91 Å². The van der Waals surface area contributed by atoms with E-state index in [9.17, 15) is 4.79 Å². The molecule has 0 radical (unpaired) electrons. The summed E-state index contributed by atoms with van der Waals surface area (Å²) in [6.07, 6.45) is 2.52. The molecule has 1 amide bonds. The Labute approximate surface area is 112 Å². The molecule has 98 valence electrons. The van der Waals surface area contributed by atoms with E-state index in [1.165, 1.54) is 12.8 Å². The lowest BCUT2D eigenvalue weighted by atomic mass is 10.2. The average Bonchev–Trinajstić information content (AvgIpc) is 2.87. The van der Waals surface area contributed by atoms with E-state index >= 15 is 0 Å². The number of hydroxylamine groups is 1. The van der Waals surface area contributed by atoms with Gasteiger partial charge < -0.3 is 4.90 Å². The summed E-state index contributed by atoms with van der Waals surface area (Å²) in [5, 5.41) is 0.541. The second-order valence-corrected chi connectivity index (χ2v) is 4.78. The highest BCUT2D eigenvalue weighted by Crippen LogP contribution is 2.10. The molecule has 1 aromatic rings. The van der Waals surface area contributed by atoms with Gasteiger partial charge in [0.2, 0.25) is 0 Å². The second-order valence-electron chi connectivity index (χ2n) is 4.34. The third-order valence-corrected chi connectivity index (χ3v) is 3.20. The number of nitrogens with zero attached hydrogens (tertiary/aromatic N) is 1. The molecule has 0 aromatic heterocycles. The van der Waals surface area contributed by atoms with Crippen LogP contribution < -0.4 is 5.48 Å². The lowest BCUT2D eigenvalue weighted by Gasteiger charge is -2.14. The van der Waals surface area contributed by atoms with Crippen molar-refractivity contribution in [2.75, 3.05) is 26.2 Å². The summed E-state index contributed by atoms with van der Waals surface area (Å²) in [6, 6.07) is 6.78. The molecule has 1 aliphatic rings. The quantitative estimate of drug-likeness (QED) is 0.657. The number of hydrogen-bond donors (Lipinski definition) is 1. The molecule has 0 atom stereocenters. The van der Waals surface area contributed by atoms with Crippen LogP contribution in [0.5, 0.6) is 0 Å². The van der Waals surface area contributed by atoms with E-state index in [1.807, 2.05) is 0 Å². The lowest BCUT2D eigenvalue weighted by Crippen LogP contribution is -2.30. The minimum absolute atomic E-state index is 0.265. The van der Waals surface area contributed by atoms with Crippen molar-refractivity contribution in [3.63, 3.8) is 0 Å². The summed E-state index contributed by atoms with van der Waals surface area (Å²) >= 11 is 5.81. The first-order chi connectivity index (χ1) is 8.75. The fourth-order valence-corrected chi connectivity index (χ4v) is 2.18. The van der Waals surface area contributed by atoms with Crippen molar-refractivity contribution >= 4 is 17.5 Å². The molecule has 1 N–H and O–H groups in total. The SMILES string of the molecule is O=C(NOCCN1CCCC1)c1cccc(Cl)c1. The van der Waals surface area contributed by atoms with Crippen LogP contribution in [0.4, 0.5) is 0 Å². The number of likely N-dealkylation sites (tertiary alicyclic amines) is 1. The zero-order valence-electron chi connectivity index (χ0n) is 10.2. The van der Waals surface area contributed by atoms with Crippen LogP contribution in [-0.2, 0) is 4.84 Å². The molecule has 0 bridgehead atoms. The highest BCUT2D eigenvalue weighted by molar-refractivity contribution is 6.30. The summed E-state index contributed by atoms with van der Waals surface area (Å²) in [6.45, 7) is 3.62. The van der Waals surface area contributed by atoms with Crippen molar-refractivity contribution in [2.45, 2.75) is 12.8 Å². The smallest absolute Gasteiger partial charge is 0.274 e. The summed E-state index contributed by atoms with van der Waals surface area (Å²) < 4.78 is 0. The van der Waals surface area contributed by atoms with Gasteiger partial charge in [-0.1, -0.05) is 17.7 Å². The summed E-state index contributed by atoms with van der Waals surface area (Å²) in [4.78, 5) is 19.2. The van der Waals surface area contributed by atoms with Crippen LogP contribution in [0, 0.1) is 0 Å². The first kappa shape index (κ1) is 13.3. The highest BCUT2D eigenvalue weighted by Gasteiger charge is 2.11. The minimum Gasteiger partial charge on any atom is -0.301 e. The van der Waals surface area contributed by atoms with Crippen molar-refractivity contribution in [1.29, 1.82) is 0 Å². The van der Waals surface area contributed by atoms with Gasteiger partial charge >= 0.3 is 0 Å². The predicted octanol–water partition coefficient (Wildman–Crippen LogP) is 2.10. The Kier molecular flexibility index (Phi) is 4.99. The number of amides is 1. The third kappa shape index (κ3) is 3.98. The monoisotopic (exact) mass is 268 g/mol. The van der Waals surface area contributed by atoms with Gasteiger partial charge in [-0.15, -0.1) is 0 Å². The largest absolute Gasteiger partial charge is 0.301 e. The number of carbonyl (C=O) groups is 1. The molecular weight excluding hydrogens is 252 g/mol. The molecule has 0 saturated carbocycles. The molecule has 4 nitrogen and oxygen atoms in total. The maximum absolute atomic E-state index is 11.7. The van der Waals surface area contributed by atoms with E-state index in [0.29, 0.717) is 17.2 Å². The van der Waals surface area contributed by atoms with Gasteiger partial charge in [-0.05, 0) is 44.1 Å². The molecule has 18 heavy (non-hydrogen) atoms.